The molecule has 0 bridgehead atoms. The number of aliphatic hydroxyl groups is 1. The molecule has 5 nitrogen and oxygen atoms in total. The number of aryl methyl sites for hydroxylation is 1. The van der Waals surface area contributed by atoms with Crippen LogP contribution in [0, 0.1) is 36.5 Å². The number of fused-ring (bicyclic) bond motifs is 1. The standard InChI is InChI=1S/C36H49NO4/c1-7-24(4)36(40)41-33-18-23(3)17-29-14-13-26(6)32(35(29)33)16-15-30-20-31(38)21-34(39)37(30)22-27(8-2)19-28-12-10-9-11-25(28)5/h8-14,17,19,23-24,26,30-33,35,38H,2,7,15-16,18,20-22H2,1,3-6H3/b27-19+/t23-,24-,26-,30?,31+,32-,33-,35-/m0/s1. The van der Waals surface area contributed by atoms with Gasteiger partial charge in [0.1, 0.15) is 6.10 Å². The largest absolute Gasteiger partial charge is 0.461 e. The van der Waals surface area contributed by atoms with Crippen LogP contribution in [0.1, 0.15) is 77.3 Å². The summed E-state index contributed by atoms with van der Waals surface area (Å²) in [7, 11) is 0. The van der Waals surface area contributed by atoms with Crippen LogP contribution in [-0.4, -0.2) is 46.7 Å². The molecule has 3 aliphatic rings. The van der Waals surface area contributed by atoms with E-state index in [0.29, 0.717) is 30.7 Å². The van der Waals surface area contributed by atoms with E-state index in [2.05, 4.69) is 63.8 Å². The summed E-state index contributed by atoms with van der Waals surface area (Å²) >= 11 is 0. The number of amides is 1. The van der Waals surface area contributed by atoms with E-state index in [0.717, 1.165) is 36.8 Å². The minimum Gasteiger partial charge on any atom is -0.461 e. The Morgan fingerprint density at radius 2 is 1.98 bits per heavy atom. The van der Waals surface area contributed by atoms with E-state index in [-0.39, 0.29) is 42.3 Å². The van der Waals surface area contributed by atoms with Gasteiger partial charge in [0.05, 0.1) is 18.4 Å². The Kier molecular flexibility index (Phi) is 10.5. The Morgan fingerprint density at radius 1 is 1.22 bits per heavy atom. The van der Waals surface area contributed by atoms with Crippen molar-refractivity contribution >= 4 is 18.0 Å². The molecule has 2 aliphatic carbocycles. The van der Waals surface area contributed by atoms with E-state index in [9.17, 15) is 14.7 Å². The summed E-state index contributed by atoms with van der Waals surface area (Å²) in [6, 6.07) is 8.15. The number of piperidine rings is 1. The first kappa shape index (κ1) is 31.0. The highest BCUT2D eigenvalue weighted by Crippen LogP contribution is 2.45. The van der Waals surface area contributed by atoms with Gasteiger partial charge >= 0.3 is 5.97 Å². The van der Waals surface area contributed by atoms with Crippen LogP contribution in [0.15, 0.2) is 66.3 Å². The van der Waals surface area contributed by atoms with Gasteiger partial charge in [0.2, 0.25) is 5.91 Å². The number of hydrogen-bond acceptors (Lipinski definition) is 4. The minimum atomic E-state index is -0.616. The summed E-state index contributed by atoms with van der Waals surface area (Å²) in [5.41, 5.74) is 4.57. The number of likely N-dealkylation sites (tertiary alicyclic amines) is 1. The van der Waals surface area contributed by atoms with Crippen molar-refractivity contribution in [2.45, 2.75) is 91.4 Å². The molecule has 0 spiro atoms. The highest BCUT2D eigenvalue weighted by molar-refractivity contribution is 5.78. The maximum atomic E-state index is 13.3. The van der Waals surface area contributed by atoms with Crippen LogP contribution in [-0.2, 0) is 14.3 Å². The molecule has 1 heterocycles. The van der Waals surface area contributed by atoms with E-state index in [1.54, 1.807) is 0 Å². The second-order valence-electron chi connectivity index (χ2n) is 12.7. The van der Waals surface area contributed by atoms with Gasteiger partial charge in [-0.15, -0.1) is 0 Å². The number of carbonyl (C=O) groups is 2. The van der Waals surface area contributed by atoms with Crippen molar-refractivity contribution in [2.24, 2.45) is 29.6 Å². The fourth-order valence-corrected chi connectivity index (χ4v) is 6.89. The molecule has 1 aromatic carbocycles. The second kappa shape index (κ2) is 13.8. The number of carbonyl (C=O) groups excluding carboxylic acids is 2. The molecular formula is C36H49NO4. The van der Waals surface area contributed by atoms with Gasteiger partial charge < -0.3 is 14.7 Å². The molecule has 8 atom stereocenters. The molecule has 1 fully saturated rings. The Balaban J connectivity index is 1.54. The number of rotatable bonds is 10. The SMILES string of the molecule is C=C/C(=C\c1ccccc1C)CN1C(=O)C[C@H](O)CC1CC[C@@H]1[C@@H]2C(=C[C@H](C)C[C@@H]2OC(=O)[C@@H](C)CC)C=C[C@@H]1C. The molecule has 0 radical (unpaired) electrons. The fraction of sp³-hybridized carbons (Fsp3) is 0.556. The lowest BCUT2D eigenvalue weighted by Gasteiger charge is -2.44. The Morgan fingerprint density at radius 3 is 2.68 bits per heavy atom. The van der Waals surface area contributed by atoms with Crippen molar-refractivity contribution in [1.82, 2.24) is 4.90 Å². The molecule has 1 N–H and O–H groups in total. The van der Waals surface area contributed by atoms with Crippen molar-refractivity contribution in [1.29, 1.82) is 0 Å². The van der Waals surface area contributed by atoms with Gasteiger partial charge in [-0.3, -0.25) is 9.59 Å². The number of aliphatic hydroxyl groups excluding tert-OH is 1. The maximum absolute atomic E-state index is 13.3. The predicted molar refractivity (Wildman–Crippen MR) is 166 cm³/mol. The quantitative estimate of drug-likeness (QED) is 0.246. The number of hydrogen-bond donors (Lipinski definition) is 1. The molecule has 0 saturated carbocycles. The van der Waals surface area contributed by atoms with Gasteiger partial charge in [0, 0.05) is 18.5 Å². The zero-order valence-corrected chi connectivity index (χ0v) is 25.6. The molecule has 0 aromatic heterocycles. The van der Waals surface area contributed by atoms with Gasteiger partial charge in [-0.1, -0.05) is 82.8 Å². The van der Waals surface area contributed by atoms with Crippen LogP contribution in [0.25, 0.3) is 6.08 Å². The summed E-state index contributed by atoms with van der Waals surface area (Å²) in [4.78, 5) is 28.1. The first-order valence-electron chi connectivity index (χ1n) is 15.6. The van der Waals surface area contributed by atoms with Crippen LogP contribution in [0.3, 0.4) is 0 Å². The van der Waals surface area contributed by atoms with Gasteiger partial charge in [0.15, 0.2) is 0 Å². The van der Waals surface area contributed by atoms with Gasteiger partial charge in [-0.05, 0) is 85.1 Å². The fourth-order valence-electron chi connectivity index (χ4n) is 6.89. The molecule has 1 aliphatic heterocycles. The van der Waals surface area contributed by atoms with Crippen molar-refractivity contribution in [3.05, 3.63) is 77.4 Å². The number of esters is 1. The summed E-state index contributed by atoms with van der Waals surface area (Å²) in [5, 5.41) is 10.6. The second-order valence-corrected chi connectivity index (χ2v) is 12.7. The van der Waals surface area contributed by atoms with Crippen LogP contribution < -0.4 is 0 Å². The monoisotopic (exact) mass is 559 g/mol. The molecule has 1 saturated heterocycles. The van der Waals surface area contributed by atoms with E-state index in [1.165, 1.54) is 11.1 Å². The Bertz CT molecular complexity index is 1200. The van der Waals surface area contributed by atoms with Crippen LogP contribution in [0.4, 0.5) is 0 Å². The van der Waals surface area contributed by atoms with E-state index < -0.39 is 6.10 Å². The van der Waals surface area contributed by atoms with Gasteiger partial charge in [0.25, 0.3) is 0 Å². The third-order valence-corrected chi connectivity index (χ3v) is 9.57. The zero-order valence-electron chi connectivity index (χ0n) is 25.6. The zero-order chi connectivity index (χ0) is 29.7. The number of ether oxygens (including phenoxy) is 1. The Labute approximate surface area is 247 Å². The smallest absolute Gasteiger partial charge is 0.308 e. The van der Waals surface area contributed by atoms with Crippen LogP contribution >= 0.6 is 0 Å². The summed E-state index contributed by atoms with van der Waals surface area (Å²) in [6.45, 7) is 15.0. The molecular weight excluding hydrogens is 510 g/mol. The lowest BCUT2D eigenvalue weighted by Crippen LogP contribution is -2.49. The predicted octanol–water partition coefficient (Wildman–Crippen LogP) is 7.06. The molecule has 1 amide bonds. The first-order chi connectivity index (χ1) is 19.6. The topological polar surface area (TPSA) is 66.8 Å². The maximum Gasteiger partial charge on any atom is 0.308 e. The lowest BCUT2D eigenvalue weighted by atomic mass is 9.65. The molecule has 41 heavy (non-hydrogen) atoms. The van der Waals surface area contributed by atoms with Crippen LogP contribution in [0.2, 0.25) is 0 Å². The summed E-state index contributed by atoms with van der Waals surface area (Å²) in [5.74, 6) is 0.926. The molecule has 1 unspecified atom stereocenters. The Hall–Kier alpha value is -2.92. The van der Waals surface area contributed by atoms with Crippen molar-refractivity contribution in [2.75, 3.05) is 6.54 Å². The van der Waals surface area contributed by atoms with Crippen molar-refractivity contribution in [3.63, 3.8) is 0 Å². The molecule has 5 heteroatoms. The summed E-state index contributed by atoms with van der Waals surface area (Å²) in [6.07, 6.45) is 14.1. The average molecular weight is 560 g/mol. The highest BCUT2D eigenvalue weighted by Gasteiger charge is 2.42. The van der Waals surface area contributed by atoms with Crippen molar-refractivity contribution < 1.29 is 19.4 Å². The molecule has 4 rings (SSSR count). The van der Waals surface area contributed by atoms with E-state index >= 15 is 0 Å². The first-order valence-corrected chi connectivity index (χ1v) is 15.6. The minimum absolute atomic E-state index is 0.00434. The number of allylic oxidation sites excluding steroid dienone is 3. The van der Waals surface area contributed by atoms with Crippen LogP contribution in [0.5, 0.6) is 0 Å². The van der Waals surface area contributed by atoms with Crippen molar-refractivity contribution in [3.8, 4) is 0 Å². The molecule has 1 aromatic rings. The average Bonchev–Trinajstić information content (AvgIpc) is 2.94. The third-order valence-electron chi connectivity index (χ3n) is 9.57. The highest BCUT2D eigenvalue weighted by atomic mass is 16.5. The van der Waals surface area contributed by atoms with E-state index in [1.807, 2.05) is 37.0 Å². The van der Waals surface area contributed by atoms with Gasteiger partial charge in [-0.25, -0.2) is 0 Å². The lowest BCUT2D eigenvalue weighted by molar-refractivity contribution is -0.158. The number of benzene rings is 1. The summed E-state index contributed by atoms with van der Waals surface area (Å²) < 4.78 is 6.21. The number of nitrogens with zero attached hydrogens (tertiary/aromatic N) is 1. The van der Waals surface area contributed by atoms with E-state index in [4.69, 9.17) is 4.74 Å². The molecule has 222 valence electrons. The normalized spacial score (nSPS) is 30.8. The third kappa shape index (κ3) is 7.48. The van der Waals surface area contributed by atoms with Gasteiger partial charge in [-0.2, -0.15) is 0 Å².